The number of hydrogen-bond donors (Lipinski definition) is 1. The van der Waals surface area contributed by atoms with Crippen LogP contribution in [0, 0.1) is 0 Å². The summed E-state index contributed by atoms with van der Waals surface area (Å²) in [6.07, 6.45) is 0.874. The normalized spacial score (nSPS) is 26.6. The Morgan fingerprint density at radius 3 is 2.80 bits per heavy atom. The summed E-state index contributed by atoms with van der Waals surface area (Å²) in [7, 11) is 1.53. The van der Waals surface area contributed by atoms with Crippen LogP contribution in [0.15, 0.2) is 16.3 Å². The van der Waals surface area contributed by atoms with Crippen molar-refractivity contribution in [2.24, 2.45) is 0 Å². The fourth-order valence-electron chi connectivity index (χ4n) is 2.10. The second-order valence-electron chi connectivity index (χ2n) is 5.06. The van der Waals surface area contributed by atoms with Crippen molar-refractivity contribution in [2.75, 3.05) is 6.61 Å². The van der Waals surface area contributed by atoms with Gasteiger partial charge in [-0.15, -0.1) is 11.3 Å². The molecule has 0 bridgehead atoms. The van der Waals surface area contributed by atoms with E-state index >= 15 is 0 Å². The van der Waals surface area contributed by atoms with Gasteiger partial charge >= 0.3 is 0 Å². The van der Waals surface area contributed by atoms with Crippen molar-refractivity contribution >= 4 is 37.0 Å². The SMILES string of the molecule is CC1OCCC1(C)NC(=O)Cc1ccc(S(=O)(=O)Cl)s1. The van der Waals surface area contributed by atoms with Gasteiger partial charge in [-0.2, -0.15) is 0 Å². The van der Waals surface area contributed by atoms with Crippen LogP contribution in [-0.2, 0) is 25.0 Å². The second-order valence-corrected chi connectivity index (χ2v) is 9.03. The summed E-state index contributed by atoms with van der Waals surface area (Å²) >= 11 is 1.01. The number of thiophene rings is 1. The number of amides is 1. The molecule has 112 valence electrons. The molecule has 2 unspecified atom stereocenters. The first-order valence-electron chi connectivity index (χ1n) is 6.17. The summed E-state index contributed by atoms with van der Waals surface area (Å²) in [6.45, 7) is 4.51. The molecule has 1 saturated heterocycles. The van der Waals surface area contributed by atoms with Gasteiger partial charge in [-0.25, -0.2) is 8.42 Å². The molecule has 1 amide bonds. The molecule has 1 aliphatic heterocycles. The van der Waals surface area contributed by atoms with Gasteiger partial charge in [0.2, 0.25) is 5.91 Å². The molecular weight excluding hydrogens is 322 g/mol. The Hall–Kier alpha value is -0.630. The minimum atomic E-state index is -3.72. The number of halogens is 1. The van der Waals surface area contributed by atoms with E-state index < -0.39 is 9.05 Å². The molecule has 5 nitrogen and oxygen atoms in total. The third-order valence-corrected chi connectivity index (χ3v) is 6.70. The molecule has 1 aromatic rings. The summed E-state index contributed by atoms with van der Waals surface area (Å²) in [4.78, 5) is 12.7. The first kappa shape index (κ1) is 15.8. The van der Waals surface area contributed by atoms with Gasteiger partial charge < -0.3 is 10.1 Å². The maximum Gasteiger partial charge on any atom is 0.270 e. The van der Waals surface area contributed by atoms with E-state index in [1.807, 2.05) is 13.8 Å². The highest BCUT2D eigenvalue weighted by atomic mass is 35.7. The molecule has 2 rings (SSSR count). The lowest BCUT2D eigenvalue weighted by Gasteiger charge is -2.28. The standard InChI is InChI=1S/C12H16ClNO4S2/c1-8-12(2,5-6-18-8)14-10(15)7-9-3-4-11(19-9)20(13,16)17/h3-4,8H,5-7H2,1-2H3,(H,14,15). The van der Waals surface area contributed by atoms with Crippen LogP contribution in [0.5, 0.6) is 0 Å². The Morgan fingerprint density at radius 1 is 1.60 bits per heavy atom. The first-order chi connectivity index (χ1) is 9.21. The van der Waals surface area contributed by atoms with Gasteiger partial charge in [-0.1, -0.05) is 0 Å². The highest BCUT2D eigenvalue weighted by Crippen LogP contribution is 2.27. The van der Waals surface area contributed by atoms with E-state index in [0.29, 0.717) is 11.5 Å². The van der Waals surface area contributed by atoms with Crippen molar-refractivity contribution in [3.05, 3.63) is 17.0 Å². The molecule has 1 aliphatic rings. The molecule has 0 aromatic carbocycles. The van der Waals surface area contributed by atoms with Crippen LogP contribution in [0.4, 0.5) is 0 Å². The zero-order valence-corrected chi connectivity index (χ0v) is 13.6. The van der Waals surface area contributed by atoms with Crippen molar-refractivity contribution in [1.82, 2.24) is 5.32 Å². The van der Waals surface area contributed by atoms with Crippen LogP contribution >= 0.6 is 22.0 Å². The van der Waals surface area contributed by atoms with Gasteiger partial charge in [-0.05, 0) is 32.4 Å². The average Bonchev–Trinajstić information content (AvgIpc) is 2.87. The highest BCUT2D eigenvalue weighted by Gasteiger charge is 2.38. The fraction of sp³-hybridized carbons (Fsp3) is 0.583. The lowest BCUT2D eigenvalue weighted by molar-refractivity contribution is -0.122. The summed E-state index contributed by atoms with van der Waals surface area (Å²) in [5, 5.41) is 2.96. The van der Waals surface area contributed by atoms with E-state index in [0.717, 1.165) is 17.8 Å². The van der Waals surface area contributed by atoms with E-state index in [1.54, 1.807) is 6.07 Å². The monoisotopic (exact) mass is 337 g/mol. The van der Waals surface area contributed by atoms with E-state index in [9.17, 15) is 13.2 Å². The molecule has 1 aromatic heterocycles. The zero-order chi connectivity index (χ0) is 15.0. The molecule has 20 heavy (non-hydrogen) atoms. The van der Waals surface area contributed by atoms with Crippen molar-refractivity contribution in [3.8, 4) is 0 Å². The molecule has 2 heterocycles. The van der Waals surface area contributed by atoms with Crippen LogP contribution in [0.25, 0.3) is 0 Å². The molecule has 0 radical (unpaired) electrons. The number of ether oxygens (including phenoxy) is 1. The topological polar surface area (TPSA) is 72.5 Å². The molecule has 0 spiro atoms. The van der Waals surface area contributed by atoms with Crippen molar-refractivity contribution in [3.63, 3.8) is 0 Å². The third kappa shape index (κ3) is 3.52. The average molecular weight is 338 g/mol. The fourth-order valence-corrected chi connectivity index (χ4v) is 4.23. The van der Waals surface area contributed by atoms with Crippen LogP contribution in [0.3, 0.4) is 0 Å². The van der Waals surface area contributed by atoms with Gasteiger partial charge in [0.15, 0.2) is 0 Å². The number of rotatable bonds is 4. The third-order valence-electron chi connectivity index (χ3n) is 3.52. The number of carbonyl (C=O) groups excluding carboxylic acids is 1. The maximum atomic E-state index is 12.0. The maximum absolute atomic E-state index is 12.0. The molecule has 0 aliphatic carbocycles. The van der Waals surface area contributed by atoms with E-state index in [4.69, 9.17) is 15.4 Å². The minimum Gasteiger partial charge on any atom is -0.376 e. The first-order valence-corrected chi connectivity index (χ1v) is 9.29. The summed E-state index contributed by atoms with van der Waals surface area (Å²) < 4.78 is 27.8. The second kappa shape index (κ2) is 5.63. The quantitative estimate of drug-likeness (QED) is 0.852. The predicted octanol–water partition coefficient (Wildman–Crippen LogP) is 1.90. The Kier molecular flexibility index (Phi) is 4.44. The number of nitrogens with one attached hydrogen (secondary N) is 1. The van der Waals surface area contributed by atoms with Gasteiger partial charge in [0.25, 0.3) is 9.05 Å². The van der Waals surface area contributed by atoms with E-state index in [1.165, 1.54) is 6.07 Å². The molecular formula is C12H16ClNO4S2. The van der Waals surface area contributed by atoms with Gasteiger partial charge in [0, 0.05) is 22.2 Å². The zero-order valence-electron chi connectivity index (χ0n) is 11.2. The van der Waals surface area contributed by atoms with Crippen LogP contribution in [-0.4, -0.2) is 32.6 Å². The largest absolute Gasteiger partial charge is 0.376 e. The minimum absolute atomic E-state index is 0.0337. The summed E-state index contributed by atoms with van der Waals surface area (Å²) in [5.74, 6) is -0.148. The van der Waals surface area contributed by atoms with Crippen LogP contribution in [0.2, 0.25) is 0 Å². The Labute approximate surface area is 126 Å². The molecule has 1 N–H and O–H groups in total. The summed E-state index contributed by atoms with van der Waals surface area (Å²) in [6, 6.07) is 3.02. The Morgan fingerprint density at radius 2 is 2.30 bits per heavy atom. The van der Waals surface area contributed by atoms with Crippen molar-refractivity contribution in [2.45, 2.75) is 42.5 Å². The summed E-state index contributed by atoms with van der Waals surface area (Å²) in [5.41, 5.74) is -0.365. The predicted molar refractivity (Wildman–Crippen MR) is 77.6 cm³/mol. The smallest absolute Gasteiger partial charge is 0.270 e. The van der Waals surface area contributed by atoms with E-state index in [-0.39, 0.29) is 28.2 Å². The van der Waals surface area contributed by atoms with Gasteiger partial charge in [0.05, 0.1) is 18.1 Å². The Bertz CT molecular complexity index is 613. The van der Waals surface area contributed by atoms with Crippen molar-refractivity contribution in [1.29, 1.82) is 0 Å². The highest BCUT2D eigenvalue weighted by molar-refractivity contribution is 8.15. The van der Waals surface area contributed by atoms with Crippen molar-refractivity contribution < 1.29 is 17.9 Å². The lowest BCUT2D eigenvalue weighted by Crippen LogP contribution is -2.51. The van der Waals surface area contributed by atoms with Gasteiger partial charge in [-0.3, -0.25) is 4.79 Å². The van der Waals surface area contributed by atoms with Crippen LogP contribution < -0.4 is 5.32 Å². The van der Waals surface area contributed by atoms with E-state index in [2.05, 4.69) is 5.32 Å². The van der Waals surface area contributed by atoms with Gasteiger partial charge in [0.1, 0.15) is 4.21 Å². The number of carbonyl (C=O) groups is 1. The molecule has 1 fully saturated rings. The van der Waals surface area contributed by atoms with Crippen LogP contribution in [0.1, 0.15) is 25.1 Å². The lowest BCUT2D eigenvalue weighted by atomic mass is 9.94. The molecule has 2 atom stereocenters. The molecule has 8 heteroatoms. The molecule has 0 saturated carbocycles. The number of hydrogen-bond acceptors (Lipinski definition) is 5. The Balaban J connectivity index is 2.00.